The van der Waals surface area contributed by atoms with Crippen molar-refractivity contribution in [3.8, 4) is 11.5 Å². The maximum atomic E-state index is 13.3. The van der Waals surface area contributed by atoms with Crippen LogP contribution in [-0.4, -0.2) is 53.7 Å². The number of H-pyrrole nitrogens is 1. The Morgan fingerprint density at radius 1 is 1.17 bits per heavy atom. The minimum Gasteiger partial charge on any atom is -0.497 e. The van der Waals surface area contributed by atoms with Gasteiger partial charge in [0, 0.05) is 25.2 Å². The number of hydrogen-bond acceptors (Lipinski definition) is 6. The van der Waals surface area contributed by atoms with E-state index < -0.39 is 17.4 Å². The van der Waals surface area contributed by atoms with Gasteiger partial charge in [-0.3, -0.25) is 14.7 Å². The van der Waals surface area contributed by atoms with Crippen LogP contribution in [0.15, 0.2) is 47.5 Å². The molecule has 0 spiro atoms. The minimum absolute atomic E-state index is 0.384. The first-order valence-corrected chi connectivity index (χ1v) is 9.12. The van der Waals surface area contributed by atoms with Crippen molar-refractivity contribution in [1.82, 2.24) is 9.97 Å². The highest BCUT2D eigenvalue weighted by molar-refractivity contribution is 6.26. The molecule has 1 aliphatic heterocycles. The monoisotopic (exact) mass is 394 g/mol. The molecule has 1 fully saturated rings. The summed E-state index contributed by atoms with van der Waals surface area (Å²) < 4.78 is 10.7. The van der Waals surface area contributed by atoms with E-state index in [1.807, 2.05) is 24.3 Å². The number of para-hydroxylation sites is 2. The highest BCUT2D eigenvalue weighted by Crippen LogP contribution is 2.41. The van der Waals surface area contributed by atoms with Gasteiger partial charge in [-0.15, -0.1) is 0 Å². The Morgan fingerprint density at radius 2 is 1.83 bits per heavy atom. The Labute approximate surface area is 167 Å². The van der Waals surface area contributed by atoms with E-state index in [0.717, 1.165) is 11.0 Å². The summed E-state index contributed by atoms with van der Waals surface area (Å²) in [6.07, 6.45) is 0. The Balaban J connectivity index is 1.86. The number of aliphatic imine (C=N–C) groups is 1. The second-order valence-corrected chi connectivity index (χ2v) is 6.95. The lowest BCUT2D eigenvalue weighted by Gasteiger charge is -2.30. The van der Waals surface area contributed by atoms with Crippen LogP contribution in [0.2, 0.25) is 0 Å². The van der Waals surface area contributed by atoms with Crippen molar-refractivity contribution >= 4 is 28.3 Å². The number of hydrogen-bond donors (Lipinski definition) is 2. The zero-order valence-electron chi connectivity index (χ0n) is 16.6. The maximum absolute atomic E-state index is 13.3. The molecule has 1 aromatic heterocycles. The van der Waals surface area contributed by atoms with Crippen LogP contribution >= 0.6 is 0 Å². The molecule has 0 amide bonds. The summed E-state index contributed by atoms with van der Waals surface area (Å²) in [5.74, 6) is 0.637. The van der Waals surface area contributed by atoms with Crippen LogP contribution < -0.4 is 14.4 Å². The predicted molar refractivity (Wildman–Crippen MR) is 110 cm³/mol. The highest BCUT2D eigenvalue weighted by atomic mass is 16.5. The Hall–Kier alpha value is -3.39. The summed E-state index contributed by atoms with van der Waals surface area (Å²) in [6.45, 7) is 1.45. The standard InChI is InChI=1S/C21H22N4O4/c1-21(27)18(26)17(19-23-15-7-5-6-8-16(15)24-19)20(22-2)25(21)12-9-13(28-3)11-14(10-12)29-4/h5-11,17,27H,1-4H3,(H,23,24). The molecule has 1 aliphatic rings. The lowest BCUT2D eigenvalue weighted by molar-refractivity contribution is -0.132. The van der Waals surface area contributed by atoms with E-state index in [1.54, 1.807) is 25.2 Å². The fourth-order valence-corrected chi connectivity index (χ4v) is 3.74. The smallest absolute Gasteiger partial charge is 0.203 e. The van der Waals surface area contributed by atoms with Gasteiger partial charge in [0.15, 0.2) is 0 Å². The van der Waals surface area contributed by atoms with Gasteiger partial charge in [0.05, 0.1) is 30.9 Å². The summed E-state index contributed by atoms with van der Waals surface area (Å²) in [7, 11) is 4.67. The van der Waals surface area contributed by atoms with E-state index in [2.05, 4.69) is 15.0 Å². The van der Waals surface area contributed by atoms with Crippen molar-refractivity contribution in [3.63, 3.8) is 0 Å². The molecular formula is C21H22N4O4. The molecule has 2 aromatic carbocycles. The molecule has 0 aliphatic carbocycles. The molecule has 29 heavy (non-hydrogen) atoms. The number of Topliss-reactive ketones (excluding diaryl/α,β-unsaturated/α-hetero) is 1. The lowest BCUT2D eigenvalue weighted by atomic mass is 10.0. The number of amidine groups is 1. The lowest BCUT2D eigenvalue weighted by Crippen LogP contribution is -2.47. The Morgan fingerprint density at radius 3 is 2.41 bits per heavy atom. The number of rotatable bonds is 4. The summed E-state index contributed by atoms with van der Waals surface area (Å²) in [6, 6.07) is 12.7. The van der Waals surface area contributed by atoms with Crippen molar-refractivity contribution in [2.75, 3.05) is 26.2 Å². The van der Waals surface area contributed by atoms with Gasteiger partial charge in [-0.1, -0.05) is 12.1 Å². The number of fused-ring (bicyclic) bond motifs is 1. The van der Waals surface area contributed by atoms with Crippen molar-refractivity contribution < 1.29 is 19.4 Å². The number of ether oxygens (including phenoxy) is 2. The largest absolute Gasteiger partial charge is 0.497 e. The van der Waals surface area contributed by atoms with Gasteiger partial charge in [-0.25, -0.2) is 4.98 Å². The molecule has 4 rings (SSSR count). The number of methoxy groups -OCH3 is 2. The SMILES string of the molecule is CN=C1C(c2nc3ccccc3[nH]2)C(=O)C(C)(O)N1c1cc(OC)cc(OC)c1. The van der Waals surface area contributed by atoms with Crippen molar-refractivity contribution in [3.05, 3.63) is 48.3 Å². The first kappa shape index (κ1) is 18.9. The molecule has 2 N–H and O–H groups in total. The van der Waals surface area contributed by atoms with Crippen molar-refractivity contribution in [2.24, 2.45) is 4.99 Å². The van der Waals surface area contributed by atoms with E-state index in [-0.39, 0.29) is 0 Å². The molecule has 2 unspecified atom stereocenters. The number of imidazole rings is 1. The number of ketones is 1. The quantitative estimate of drug-likeness (QED) is 0.705. The number of nitrogens with zero attached hydrogens (tertiary/aromatic N) is 3. The van der Waals surface area contributed by atoms with Gasteiger partial charge in [-0.05, 0) is 19.1 Å². The number of benzene rings is 2. The van der Waals surface area contributed by atoms with Gasteiger partial charge in [0.25, 0.3) is 0 Å². The van der Waals surface area contributed by atoms with E-state index in [9.17, 15) is 9.90 Å². The second kappa shape index (κ2) is 6.89. The van der Waals surface area contributed by atoms with E-state index in [1.165, 1.54) is 26.0 Å². The van der Waals surface area contributed by atoms with Gasteiger partial charge in [-0.2, -0.15) is 0 Å². The Bertz CT molecular complexity index is 1060. The predicted octanol–water partition coefficient (Wildman–Crippen LogP) is 2.49. The molecule has 3 aromatic rings. The molecule has 0 radical (unpaired) electrons. The summed E-state index contributed by atoms with van der Waals surface area (Å²) in [5, 5.41) is 11.2. The number of anilines is 1. The number of aromatic nitrogens is 2. The first-order valence-electron chi connectivity index (χ1n) is 9.12. The summed E-state index contributed by atoms with van der Waals surface area (Å²) in [4.78, 5) is 26.9. The van der Waals surface area contributed by atoms with Crippen LogP contribution in [0.25, 0.3) is 11.0 Å². The van der Waals surface area contributed by atoms with Crippen molar-refractivity contribution in [1.29, 1.82) is 0 Å². The normalized spacial score (nSPS) is 23.2. The van der Waals surface area contributed by atoms with Crippen molar-refractivity contribution in [2.45, 2.75) is 18.6 Å². The summed E-state index contributed by atoms with van der Waals surface area (Å²) >= 11 is 0. The average Bonchev–Trinajstić information content (AvgIpc) is 3.23. The third kappa shape index (κ3) is 2.92. The second-order valence-electron chi connectivity index (χ2n) is 6.95. The molecule has 1 saturated heterocycles. The third-order valence-electron chi connectivity index (χ3n) is 5.16. The van der Waals surface area contributed by atoms with E-state index in [4.69, 9.17) is 9.47 Å². The van der Waals surface area contributed by atoms with Gasteiger partial charge in [0.2, 0.25) is 11.5 Å². The van der Waals surface area contributed by atoms with Gasteiger partial charge in [0.1, 0.15) is 29.1 Å². The molecule has 150 valence electrons. The number of carbonyl (C=O) groups is 1. The molecular weight excluding hydrogens is 372 g/mol. The molecule has 8 heteroatoms. The fraction of sp³-hybridized carbons (Fsp3) is 0.286. The topological polar surface area (TPSA) is 100 Å². The highest BCUT2D eigenvalue weighted by Gasteiger charge is 2.55. The molecule has 2 atom stereocenters. The minimum atomic E-state index is -1.82. The van der Waals surface area contributed by atoms with Gasteiger partial charge >= 0.3 is 0 Å². The molecule has 8 nitrogen and oxygen atoms in total. The Kier molecular flexibility index (Phi) is 4.50. The van der Waals surface area contributed by atoms with Gasteiger partial charge < -0.3 is 19.6 Å². The third-order valence-corrected chi connectivity index (χ3v) is 5.16. The zero-order valence-corrected chi connectivity index (χ0v) is 16.6. The molecule has 0 bridgehead atoms. The van der Waals surface area contributed by atoms with Crippen LogP contribution in [0.4, 0.5) is 5.69 Å². The number of nitrogens with one attached hydrogen (secondary N) is 1. The number of carbonyl (C=O) groups excluding carboxylic acids is 1. The van der Waals surface area contributed by atoms with Crippen LogP contribution in [0.3, 0.4) is 0 Å². The zero-order chi connectivity index (χ0) is 20.8. The number of aromatic amines is 1. The molecule has 2 heterocycles. The summed E-state index contributed by atoms with van der Waals surface area (Å²) in [5.41, 5.74) is 0.258. The molecule has 0 saturated carbocycles. The average molecular weight is 394 g/mol. The van der Waals surface area contributed by atoms with E-state index >= 15 is 0 Å². The number of aliphatic hydroxyl groups is 1. The van der Waals surface area contributed by atoms with Crippen LogP contribution in [0.1, 0.15) is 18.7 Å². The van der Waals surface area contributed by atoms with E-state index in [0.29, 0.717) is 28.8 Å². The van der Waals surface area contributed by atoms with Crippen LogP contribution in [0.5, 0.6) is 11.5 Å². The maximum Gasteiger partial charge on any atom is 0.203 e. The first-order chi connectivity index (χ1) is 13.9. The van der Waals surface area contributed by atoms with Crippen LogP contribution in [-0.2, 0) is 4.79 Å². The van der Waals surface area contributed by atoms with Crippen LogP contribution in [0, 0.1) is 0 Å². The fourth-order valence-electron chi connectivity index (χ4n) is 3.74.